The molecule has 53 heavy (non-hydrogen) atoms. The van der Waals surface area contributed by atoms with Gasteiger partial charge in [0.05, 0.1) is 26.0 Å². The van der Waals surface area contributed by atoms with Crippen LogP contribution in [-0.2, 0) is 48.0 Å². The highest BCUT2D eigenvalue weighted by Crippen LogP contribution is 2.20. The van der Waals surface area contributed by atoms with E-state index in [-0.39, 0.29) is 25.8 Å². The lowest BCUT2D eigenvalue weighted by atomic mass is 10.0. The Hall–Kier alpha value is -6.53. The lowest BCUT2D eigenvalue weighted by Crippen LogP contribution is -2.59. The zero-order chi connectivity index (χ0) is 37.9. The molecule has 4 unspecified atom stereocenters. The molecule has 5 aromatic rings. The van der Waals surface area contributed by atoms with Gasteiger partial charge >= 0.3 is 5.97 Å². The molecule has 18 heteroatoms. The van der Waals surface area contributed by atoms with Gasteiger partial charge in [-0.25, -0.2) is 9.78 Å². The number of H-pyrrole nitrogens is 3. The molecule has 5 amide bonds. The van der Waals surface area contributed by atoms with Crippen LogP contribution in [-0.4, -0.2) is 110 Å². The highest BCUT2D eigenvalue weighted by molar-refractivity contribution is 5.96. The van der Waals surface area contributed by atoms with Crippen LogP contribution in [0.4, 0.5) is 0 Å². The van der Waals surface area contributed by atoms with Crippen molar-refractivity contribution in [2.45, 2.75) is 43.4 Å². The Balaban J connectivity index is 1.30. The Kier molecular flexibility index (Phi) is 12.5. The van der Waals surface area contributed by atoms with E-state index in [0.717, 1.165) is 21.8 Å². The number of amides is 5. The highest BCUT2D eigenvalue weighted by atomic mass is 16.4. The van der Waals surface area contributed by atoms with Crippen LogP contribution in [0.3, 0.4) is 0 Å². The zero-order valence-corrected chi connectivity index (χ0v) is 28.3. The number of nitrogens with zero attached hydrogens (tertiary/aromatic N) is 1. The third-order valence-electron chi connectivity index (χ3n) is 8.52. The van der Waals surface area contributed by atoms with Gasteiger partial charge in [0.25, 0.3) is 0 Å². The lowest BCUT2D eigenvalue weighted by Gasteiger charge is -2.25. The van der Waals surface area contributed by atoms with Crippen molar-refractivity contribution >= 4 is 57.3 Å². The standard InChI is InChI=1S/C35H40N10O8/c36-12-30(47)40-16-31(48)42-26(9-19-13-38-24-7-3-1-5-22(19)24)32(49)45-29(17-46)34(51)43-27(11-21-15-37-18-41-21)33(50)44-28(35(52)53)10-20-14-39-25-8-4-2-6-23(20)25/h1-8,13-15,18,26-29,38-39,46H,9-12,16-17,36H2,(H,37,41)(H,40,47)(H,42,48)(H,43,51)(H,44,50)(H,45,49)(H,52,53). The van der Waals surface area contributed by atoms with Gasteiger partial charge in [0.1, 0.15) is 24.2 Å². The molecule has 0 saturated heterocycles. The first kappa shape index (κ1) is 37.7. The summed E-state index contributed by atoms with van der Waals surface area (Å²) in [6.07, 6.45) is 5.88. The molecule has 3 aromatic heterocycles. The first-order valence-electron chi connectivity index (χ1n) is 16.6. The molecule has 3 heterocycles. The minimum Gasteiger partial charge on any atom is -0.480 e. The smallest absolute Gasteiger partial charge is 0.326 e. The van der Waals surface area contributed by atoms with Crippen LogP contribution >= 0.6 is 0 Å². The van der Waals surface area contributed by atoms with Gasteiger partial charge < -0.3 is 57.5 Å². The predicted octanol–water partition coefficient (Wildman–Crippen LogP) is -1.51. The van der Waals surface area contributed by atoms with Crippen LogP contribution in [0, 0.1) is 0 Å². The minimum absolute atomic E-state index is 0.0376. The number of carboxylic acid groups (broad SMARTS) is 1. The molecule has 18 nitrogen and oxygen atoms in total. The molecule has 12 N–H and O–H groups in total. The maximum absolute atomic E-state index is 13.7. The van der Waals surface area contributed by atoms with E-state index in [1.807, 2.05) is 42.5 Å². The molecule has 0 aliphatic carbocycles. The van der Waals surface area contributed by atoms with Gasteiger partial charge in [-0.15, -0.1) is 0 Å². The van der Waals surface area contributed by atoms with Gasteiger partial charge in [0.2, 0.25) is 29.5 Å². The fourth-order valence-corrected chi connectivity index (χ4v) is 5.78. The Morgan fingerprint density at radius 1 is 0.679 bits per heavy atom. The van der Waals surface area contributed by atoms with E-state index >= 15 is 0 Å². The predicted molar refractivity (Wildman–Crippen MR) is 191 cm³/mol. The molecule has 0 spiro atoms. The van der Waals surface area contributed by atoms with Crippen LogP contribution in [0.15, 0.2) is 73.4 Å². The molecule has 278 valence electrons. The van der Waals surface area contributed by atoms with Gasteiger partial charge in [-0.2, -0.15) is 0 Å². The van der Waals surface area contributed by atoms with Crippen LogP contribution in [0.5, 0.6) is 0 Å². The molecule has 4 atom stereocenters. The average molecular weight is 729 g/mol. The number of carboxylic acids is 1. The van der Waals surface area contributed by atoms with Gasteiger partial charge in [0.15, 0.2) is 0 Å². The number of benzene rings is 2. The summed E-state index contributed by atoms with van der Waals surface area (Å²) in [6.45, 7) is -1.71. The lowest BCUT2D eigenvalue weighted by molar-refractivity contribution is -0.142. The number of aromatic nitrogens is 4. The molecule has 2 aromatic carbocycles. The summed E-state index contributed by atoms with van der Waals surface area (Å²) in [5, 5.41) is 34.1. The molecule has 0 radical (unpaired) electrons. The van der Waals surface area contributed by atoms with Gasteiger partial charge in [0, 0.05) is 65.4 Å². The molecular weight excluding hydrogens is 688 g/mol. The van der Waals surface area contributed by atoms with Crippen LogP contribution in [0.25, 0.3) is 21.8 Å². The monoisotopic (exact) mass is 728 g/mol. The number of hydrogen-bond donors (Lipinski definition) is 11. The first-order valence-corrected chi connectivity index (χ1v) is 16.6. The van der Waals surface area contributed by atoms with Crippen molar-refractivity contribution in [2.75, 3.05) is 19.7 Å². The zero-order valence-electron chi connectivity index (χ0n) is 28.3. The Morgan fingerprint density at radius 3 is 1.75 bits per heavy atom. The van der Waals surface area contributed by atoms with E-state index in [4.69, 9.17) is 5.73 Å². The second-order valence-corrected chi connectivity index (χ2v) is 12.2. The number of nitrogens with two attached hydrogens (primary N) is 1. The number of imidazole rings is 1. The summed E-state index contributed by atoms with van der Waals surface area (Å²) in [5.74, 6) is -5.25. The topological polar surface area (TPSA) is 289 Å². The molecule has 0 bridgehead atoms. The molecule has 0 fully saturated rings. The van der Waals surface area contributed by atoms with Gasteiger partial charge in [-0.05, 0) is 23.3 Å². The number of fused-ring (bicyclic) bond motifs is 2. The first-order chi connectivity index (χ1) is 25.6. The number of aliphatic hydroxyl groups excluding tert-OH is 1. The van der Waals surface area contributed by atoms with Gasteiger partial charge in [-0.1, -0.05) is 36.4 Å². The van der Waals surface area contributed by atoms with Crippen LogP contribution < -0.4 is 32.3 Å². The maximum atomic E-state index is 13.7. The van der Waals surface area contributed by atoms with Crippen molar-refractivity contribution in [3.8, 4) is 0 Å². The van der Waals surface area contributed by atoms with E-state index in [0.29, 0.717) is 16.8 Å². The van der Waals surface area contributed by atoms with Crippen molar-refractivity contribution in [1.29, 1.82) is 0 Å². The number of carbonyl (C=O) groups is 6. The second kappa shape index (κ2) is 17.6. The normalized spacial score (nSPS) is 13.4. The minimum atomic E-state index is -1.60. The number of hydrogen-bond acceptors (Lipinski definition) is 9. The largest absolute Gasteiger partial charge is 0.480 e. The van der Waals surface area contributed by atoms with Crippen LogP contribution in [0.2, 0.25) is 0 Å². The van der Waals surface area contributed by atoms with Crippen molar-refractivity contribution in [2.24, 2.45) is 5.73 Å². The van der Waals surface area contributed by atoms with E-state index in [9.17, 15) is 39.0 Å². The van der Waals surface area contributed by atoms with E-state index in [2.05, 4.69) is 46.5 Å². The van der Waals surface area contributed by atoms with E-state index < -0.39 is 72.8 Å². The number of para-hydroxylation sites is 2. The highest BCUT2D eigenvalue weighted by Gasteiger charge is 2.32. The van der Waals surface area contributed by atoms with E-state index in [1.54, 1.807) is 18.5 Å². The molecule has 0 saturated carbocycles. The van der Waals surface area contributed by atoms with Crippen molar-refractivity contribution < 1.29 is 39.0 Å². The number of nitrogens with one attached hydrogen (secondary N) is 8. The second-order valence-electron chi connectivity index (χ2n) is 12.2. The Morgan fingerprint density at radius 2 is 1.21 bits per heavy atom. The van der Waals surface area contributed by atoms with Crippen molar-refractivity contribution in [1.82, 2.24) is 46.5 Å². The van der Waals surface area contributed by atoms with Crippen LogP contribution in [0.1, 0.15) is 16.8 Å². The average Bonchev–Trinajstić information content (AvgIpc) is 3.92. The molecular formula is C35H40N10O8. The third kappa shape index (κ3) is 9.83. The molecule has 0 aliphatic rings. The summed E-state index contributed by atoms with van der Waals surface area (Å²) in [4.78, 5) is 90.4. The summed E-state index contributed by atoms with van der Waals surface area (Å²) in [6, 6.07) is 8.96. The molecule has 5 rings (SSSR count). The number of carbonyl (C=O) groups excluding carboxylic acids is 5. The quantitative estimate of drug-likeness (QED) is 0.0496. The SMILES string of the molecule is NCC(=O)NCC(=O)NC(Cc1c[nH]c2ccccc12)C(=O)NC(CO)C(=O)NC(Cc1cnc[nH]1)C(=O)NC(Cc1c[nH]c2ccccc12)C(=O)O. The number of rotatable bonds is 18. The molecule has 0 aliphatic heterocycles. The number of aliphatic carboxylic acids is 1. The number of aliphatic hydroxyl groups is 1. The summed E-state index contributed by atoms with van der Waals surface area (Å²) in [5.41, 5.74) is 8.61. The van der Waals surface area contributed by atoms with Gasteiger partial charge in [-0.3, -0.25) is 24.0 Å². The maximum Gasteiger partial charge on any atom is 0.326 e. The summed E-state index contributed by atoms with van der Waals surface area (Å²) < 4.78 is 0. The van der Waals surface area contributed by atoms with E-state index in [1.165, 1.54) is 12.5 Å². The Labute approximate surface area is 301 Å². The van der Waals surface area contributed by atoms with Crippen molar-refractivity contribution in [3.05, 3.63) is 90.3 Å². The van der Waals surface area contributed by atoms with Crippen molar-refractivity contribution in [3.63, 3.8) is 0 Å². The third-order valence-corrected chi connectivity index (χ3v) is 8.52. The fourth-order valence-electron chi connectivity index (χ4n) is 5.78. The number of aromatic amines is 3. The summed E-state index contributed by atoms with van der Waals surface area (Å²) >= 11 is 0. The fraction of sp³-hybridized carbons (Fsp3) is 0.286. The summed E-state index contributed by atoms with van der Waals surface area (Å²) in [7, 11) is 0. The Bertz CT molecular complexity index is 2070.